The Hall–Kier alpha value is -3.42. The predicted molar refractivity (Wildman–Crippen MR) is 107 cm³/mol. The van der Waals surface area contributed by atoms with Gasteiger partial charge in [-0.05, 0) is 30.3 Å². The number of azo groups is 1. The summed E-state index contributed by atoms with van der Waals surface area (Å²) in [7, 11) is -3.94. The number of aromatic nitrogens is 1. The molecule has 162 valence electrons. The third kappa shape index (κ3) is 3.97. The molecule has 0 aliphatic carbocycles. The van der Waals surface area contributed by atoms with Crippen LogP contribution in [0.25, 0.3) is 10.9 Å². The number of ether oxygens (including phenoxy) is 1. The maximum atomic E-state index is 13.5. The van der Waals surface area contributed by atoms with Crippen LogP contribution in [0.2, 0.25) is 0 Å². The number of fused-ring (bicyclic) bond motifs is 1. The number of nitro benzene ring substituents is 1. The molecule has 2 aromatic carbocycles. The van der Waals surface area contributed by atoms with Crippen molar-refractivity contribution in [1.82, 2.24) is 9.29 Å². The Labute approximate surface area is 175 Å². The summed E-state index contributed by atoms with van der Waals surface area (Å²) in [5.74, 6) is -0.954. The molecule has 4 rings (SSSR count). The predicted octanol–water partition coefficient (Wildman–Crippen LogP) is 3.36. The lowest BCUT2D eigenvalue weighted by Crippen LogP contribution is -2.40. The van der Waals surface area contributed by atoms with E-state index in [1.807, 2.05) is 0 Å². The Bertz CT molecular complexity index is 1300. The molecule has 1 fully saturated rings. The van der Waals surface area contributed by atoms with Crippen LogP contribution in [0, 0.1) is 15.9 Å². The molecule has 13 heteroatoms. The SMILES string of the molecule is O=[N+]([O-])c1cc(S(=O)(=O)N2CCOCC2)ccc1N=Nc1c(O)[nH]c2ccc(F)cc12. The molecular weight excluding hydrogens is 433 g/mol. The number of sulfonamides is 1. The number of benzene rings is 2. The van der Waals surface area contributed by atoms with Crippen LogP contribution < -0.4 is 0 Å². The first-order valence-electron chi connectivity index (χ1n) is 9.05. The first-order chi connectivity index (χ1) is 14.8. The second kappa shape index (κ2) is 8.02. The van der Waals surface area contributed by atoms with Crippen molar-refractivity contribution in [3.63, 3.8) is 0 Å². The number of H-pyrrole nitrogens is 1. The zero-order chi connectivity index (χ0) is 22.2. The Morgan fingerprint density at radius 2 is 1.90 bits per heavy atom. The van der Waals surface area contributed by atoms with Crippen molar-refractivity contribution in [2.45, 2.75) is 4.90 Å². The van der Waals surface area contributed by atoms with Gasteiger partial charge in [0, 0.05) is 24.5 Å². The first-order valence-corrected chi connectivity index (χ1v) is 10.5. The molecule has 0 unspecified atom stereocenters. The lowest BCUT2D eigenvalue weighted by Gasteiger charge is -2.25. The van der Waals surface area contributed by atoms with Gasteiger partial charge < -0.3 is 14.8 Å². The lowest BCUT2D eigenvalue weighted by molar-refractivity contribution is -0.384. The molecule has 31 heavy (non-hydrogen) atoms. The van der Waals surface area contributed by atoms with Gasteiger partial charge in [-0.3, -0.25) is 10.1 Å². The minimum absolute atomic E-state index is 0.103. The first kappa shape index (κ1) is 20.8. The average molecular weight is 449 g/mol. The van der Waals surface area contributed by atoms with Crippen LogP contribution in [-0.2, 0) is 14.8 Å². The van der Waals surface area contributed by atoms with E-state index in [-0.39, 0.29) is 48.0 Å². The number of nitrogens with zero attached hydrogens (tertiary/aromatic N) is 4. The molecule has 0 saturated carbocycles. The number of aromatic hydroxyl groups is 1. The van der Waals surface area contributed by atoms with Gasteiger partial charge in [-0.1, -0.05) is 0 Å². The van der Waals surface area contributed by atoms with Gasteiger partial charge in [0.05, 0.1) is 28.5 Å². The van der Waals surface area contributed by atoms with E-state index < -0.39 is 32.3 Å². The van der Waals surface area contributed by atoms with Crippen LogP contribution in [0.3, 0.4) is 0 Å². The molecular formula is C18H16FN5O6S. The fraction of sp³-hybridized carbons (Fsp3) is 0.222. The van der Waals surface area contributed by atoms with Gasteiger partial charge in [0.25, 0.3) is 5.69 Å². The molecule has 11 nitrogen and oxygen atoms in total. The molecule has 1 aromatic heterocycles. The van der Waals surface area contributed by atoms with Gasteiger partial charge in [0.1, 0.15) is 5.82 Å². The Morgan fingerprint density at radius 1 is 1.16 bits per heavy atom. The van der Waals surface area contributed by atoms with Gasteiger partial charge >= 0.3 is 0 Å². The zero-order valence-electron chi connectivity index (χ0n) is 15.9. The standard InChI is InChI=1S/C18H16FN5O6S/c19-11-1-3-14-13(9-11)17(18(25)20-14)22-21-15-4-2-12(10-16(15)24(26)27)31(28,29)23-5-7-30-8-6-23/h1-4,9-10,20,25H,5-8H2. The van der Waals surface area contributed by atoms with Crippen molar-refractivity contribution in [2.24, 2.45) is 10.2 Å². The minimum atomic E-state index is -3.94. The molecule has 0 radical (unpaired) electrons. The van der Waals surface area contributed by atoms with E-state index in [2.05, 4.69) is 15.2 Å². The third-order valence-electron chi connectivity index (χ3n) is 4.72. The summed E-state index contributed by atoms with van der Waals surface area (Å²) in [4.78, 5) is 13.1. The smallest absolute Gasteiger partial charge is 0.298 e. The summed E-state index contributed by atoms with van der Waals surface area (Å²) >= 11 is 0. The molecule has 1 aliphatic rings. The summed E-state index contributed by atoms with van der Waals surface area (Å²) in [5.41, 5.74) is -0.511. The number of rotatable bonds is 5. The fourth-order valence-corrected chi connectivity index (χ4v) is 4.60. The maximum absolute atomic E-state index is 13.5. The normalized spacial score (nSPS) is 15.6. The quantitative estimate of drug-likeness (QED) is 0.346. The second-order valence-corrected chi connectivity index (χ2v) is 8.57. The highest BCUT2D eigenvalue weighted by Gasteiger charge is 2.29. The monoisotopic (exact) mass is 449 g/mol. The summed E-state index contributed by atoms with van der Waals surface area (Å²) in [6.07, 6.45) is 0. The van der Waals surface area contributed by atoms with Gasteiger partial charge in [-0.15, -0.1) is 10.2 Å². The van der Waals surface area contributed by atoms with Gasteiger partial charge in [0.2, 0.25) is 15.9 Å². The zero-order valence-corrected chi connectivity index (χ0v) is 16.7. The molecule has 2 N–H and O–H groups in total. The van der Waals surface area contributed by atoms with Crippen LogP contribution in [0.15, 0.2) is 51.5 Å². The second-order valence-electron chi connectivity index (χ2n) is 6.64. The summed E-state index contributed by atoms with van der Waals surface area (Å²) < 4.78 is 45.4. The highest BCUT2D eigenvalue weighted by atomic mass is 32.2. The summed E-state index contributed by atoms with van der Waals surface area (Å²) in [6, 6.07) is 6.98. The maximum Gasteiger partial charge on any atom is 0.298 e. The van der Waals surface area contributed by atoms with Crippen LogP contribution in [-0.4, -0.2) is 54.0 Å². The molecule has 0 amide bonds. The molecule has 3 aromatic rings. The third-order valence-corrected chi connectivity index (χ3v) is 6.62. The van der Waals surface area contributed by atoms with Crippen LogP contribution in [0.4, 0.5) is 21.5 Å². The number of morpholine rings is 1. The van der Waals surface area contributed by atoms with Crippen molar-refractivity contribution in [1.29, 1.82) is 0 Å². The van der Waals surface area contributed by atoms with E-state index in [0.717, 1.165) is 18.2 Å². The fourth-order valence-electron chi connectivity index (χ4n) is 3.17. The van der Waals surface area contributed by atoms with Crippen LogP contribution >= 0.6 is 0 Å². The lowest BCUT2D eigenvalue weighted by atomic mass is 10.2. The van der Waals surface area contributed by atoms with E-state index in [9.17, 15) is 28.0 Å². The largest absolute Gasteiger partial charge is 0.493 e. The molecule has 0 atom stereocenters. The number of hydrogen-bond acceptors (Lipinski definition) is 8. The average Bonchev–Trinajstić information content (AvgIpc) is 3.06. The van der Waals surface area contributed by atoms with Crippen LogP contribution in [0.1, 0.15) is 0 Å². The van der Waals surface area contributed by atoms with E-state index in [1.54, 1.807) is 0 Å². The minimum Gasteiger partial charge on any atom is -0.493 e. The summed E-state index contributed by atoms with van der Waals surface area (Å²) in [5, 5.41) is 29.4. The Balaban J connectivity index is 1.72. The van der Waals surface area contributed by atoms with Crippen molar-refractivity contribution >= 4 is 38.0 Å². The van der Waals surface area contributed by atoms with Gasteiger partial charge in [0.15, 0.2) is 11.4 Å². The van der Waals surface area contributed by atoms with Crippen molar-refractivity contribution < 1.29 is 27.6 Å². The topological polar surface area (TPSA) is 150 Å². The summed E-state index contributed by atoms with van der Waals surface area (Å²) in [6.45, 7) is 0.770. The number of halogens is 1. The molecule has 2 heterocycles. The molecule has 0 spiro atoms. The molecule has 1 aliphatic heterocycles. The number of nitro groups is 1. The van der Waals surface area contributed by atoms with Crippen molar-refractivity contribution in [3.8, 4) is 5.88 Å². The molecule has 0 bridgehead atoms. The number of nitrogens with one attached hydrogen (secondary N) is 1. The highest BCUT2D eigenvalue weighted by Crippen LogP contribution is 2.38. The van der Waals surface area contributed by atoms with Crippen molar-refractivity contribution in [2.75, 3.05) is 26.3 Å². The van der Waals surface area contributed by atoms with Gasteiger partial charge in [-0.2, -0.15) is 4.31 Å². The van der Waals surface area contributed by atoms with Crippen molar-refractivity contribution in [3.05, 3.63) is 52.3 Å². The highest BCUT2D eigenvalue weighted by molar-refractivity contribution is 7.89. The van der Waals surface area contributed by atoms with E-state index in [0.29, 0.717) is 5.52 Å². The van der Waals surface area contributed by atoms with E-state index in [4.69, 9.17) is 4.74 Å². The molecule has 1 saturated heterocycles. The van der Waals surface area contributed by atoms with Crippen LogP contribution in [0.5, 0.6) is 5.88 Å². The number of hydrogen-bond donors (Lipinski definition) is 2. The van der Waals surface area contributed by atoms with E-state index >= 15 is 0 Å². The Kier molecular flexibility index (Phi) is 5.39. The van der Waals surface area contributed by atoms with E-state index in [1.165, 1.54) is 22.5 Å². The Morgan fingerprint density at radius 3 is 2.61 bits per heavy atom. The number of aromatic amines is 1. The van der Waals surface area contributed by atoms with Gasteiger partial charge in [-0.25, -0.2) is 12.8 Å².